The van der Waals surface area contributed by atoms with Gasteiger partial charge in [-0.3, -0.25) is 4.79 Å². The van der Waals surface area contributed by atoms with E-state index in [0.717, 1.165) is 54.5 Å². The maximum Gasteiger partial charge on any atom is 0.337 e. The van der Waals surface area contributed by atoms with Crippen LogP contribution >= 0.6 is 0 Å². The molecule has 0 aliphatic heterocycles. The molecule has 0 amide bonds. The van der Waals surface area contributed by atoms with Gasteiger partial charge in [-0.25, -0.2) is 4.79 Å². The number of esters is 1. The van der Waals surface area contributed by atoms with Crippen molar-refractivity contribution in [3.8, 4) is 11.3 Å². The Kier molecular flexibility index (Phi) is 2.93. The molecule has 1 N–H and O–H groups in total. The monoisotopic (exact) mass is 295 g/mol. The minimum atomic E-state index is -0.325. The molecule has 4 nitrogen and oxygen atoms in total. The molecule has 0 saturated carbocycles. The van der Waals surface area contributed by atoms with Gasteiger partial charge in [0.2, 0.25) is 0 Å². The Balaban J connectivity index is 1.88. The van der Waals surface area contributed by atoms with E-state index in [9.17, 15) is 9.59 Å². The smallest absolute Gasteiger partial charge is 0.337 e. The van der Waals surface area contributed by atoms with Crippen LogP contribution in [-0.4, -0.2) is 18.1 Å². The predicted molar refractivity (Wildman–Crippen MR) is 83.3 cm³/mol. The number of nitrogens with one attached hydrogen (secondary N) is 1. The van der Waals surface area contributed by atoms with Gasteiger partial charge in [-0.05, 0) is 54.5 Å². The van der Waals surface area contributed by atoms with E-state index in [1.54, 1.807) is 6.07 Å². The summed E-state index contributed by atoms with van der Waals surface area (Å²) >= 11 is 0. The molecule has 4 heteroatoms. The molecule has 0 saturated heterocycles. The van der Waals surface area contributed by atoms with E-state index in [2.05, 4.69) is 4.98 Å². The summed E-state index contributed by atoms with van der Waals surface area (Å²) in [7, 11) is 1.39. The van der Waals surface area contributed by atoms with Crippen LogP contribution in [-0.2, 0) is 24.0 Å². The number of aromatic amines is 1. The van der Waals surface area contributed by atoms with Gasteiger partial charge in [0, 0.05) is 17.5 Å². The third-order valence-electron chi connectivity index (χ3n) is 4.81. The first-order chi connectivity index (χ1) is 10.7. The minimum absolute atomic E-state index is 0.0540. The Hall–Kier alpha value is -2.36. The number of methoxy groups -OCH3 is 1. The highest BCUT2D eigenvalue weighted by molar-refractivity contribution is 5.91. The van der Waals surface area contributed by atoms with Crippen LogP contribution in [0.4, 0.5) is 0 Å². The van der Waals surface area contributed by atoms with Gasteiger partial charge in [0.25, 0.3) is 5.56 Å². The van der Waals surface area contributed by atoms with E-state index in [1.807, 2.05) is 12.1 Å². The summed E-state index contributed by atoms with van der Waals surface area (Å²) in [6, 6.07) is 5.56. The Bertz CT molecular complexity index is 848. The summed E-state index contributed by atoms with van der Waals surface area (Å²) in [4.78, 5) is 27.1. The lowest BCUT2D eigenvalue weighted by Gasteiger charge is -2.18. The quantitative estimate of drug-likeness (QED) is 0.702. The number of benzene rings is 1. The van der Waals surface area contributed by atoms with Crippen molar-refractivity contribution in [1.29, 1.82) is 0 Å². The van der Waals surface area contributed by atoms with Crippen LogP contribution < -0.4 is 5.56 Å². The Morgan fingerprint density at radius 1 is 1.14 bits per heavy atom. The van der Waals surface area contributed by atoms with Gasteiger partial charge in [-0.2, -0.15) is 0 Å². The minimum Gasteiger partial charge on any atom is -0.465 e. The normalized spacial score (nSPS) is 15.0. The Morgan fingerprint density at radius 3 is 2.68 bits per heavy atom. The van der Waals surface area contributed by atoms with Crippen molar-refractivity contribution < 1.29 is 9.53 Å². The molecule has 1 aromatic heterocycles. The maximum atomic E-state index is 12.3. The van der Waals surface area contributed by atoms with Crippen LogP contribution in [0.15, 0.2) is 23.0 Å². The molecule has 2 aliphatic rings. The van der Waals surface area contributed by atoms with Crippen molar-refractivity contribution in [3.05, 3.63) is 56.4 Å². The SMILES string of the molecule is COC(=O)c1ccc2c(c1)Cc1c-2[nH]c(=O)c2c1CCCC2. The van der Waals surface area contributed by atoms with E-state index < -0.39 is 0 Å². The number of hydrogen-bond donors (Lipinski definition) is 1. The number of aromatic nitrogens is 1. The fraction of sp³-hybridized carbons (Fsp3) is 0.333. The number of hydrogen-bond acceptors (Lipinski definition) is 3. The number of carbonyl (C=O) groups excluding carboxylic acids is 1. The van der Waals surface area contributed by atoms with E-state index >= 15 is 0 Å². The van der Waals surface area contributed by atoms with Gasteiger partial charge >= 0.3 is 5.97 Å². The first-order valence-corrected chi connectivity index (χ1v) is 7.67. The van der Waals surface area contributed by atoms with Crippen LogP contribution in [0.1, 0.15) is 45.5 Å². The molecule has 0 spiro atoms. The average Bonchev–Trinajstić information content (AvgIpc) is 2.92. The molecular formula is C18H17NO3. The molecule has 22 heavy (non-hydrogen) atoms. The van der Waals surface area contributed by atoms with Crippen LogP contribution in [0, 0.1) is 0 Å². The van der Waals surface area contributed by atoms with Crippen molar-refractivity contribution in [1.82, 2.24) is 4.98 Å². The number of carbonyl (C=O) groups is 1. The highest BCUT2D eigenvalue weighted by Crippen LogP contribution is 2.39. The van der Waals surface area contributed by atoms with Crippen molar-refractivity contribution in [2.45, 2.75) is 32.1 Å². The first-order valence-electron chi connectivity index (χ1n) is 7.67. The highest BCUT2D eigenvalue weighted by Gasteiger charge is 2.27. The molecule has 0 fully saturated rings. The van der Waals surface area contributed by atoms with Gasteiger partial charge in [-0.1, -0.05) is 6.07 Å². The fourth-order valence-corrected chi connectivity index (χ4v) is 3.75. The molecule has 2 aliphatic carbocycles. The van der Waals surface area contributed by atoms with Crippen molar-refractivity contribution >= 4 is 5.97 Å². The van der Waals surface area contributed by atoms with Crippen LogP contribution in [0.5, 0.6) is 0 Å². The van der Waals surface area contributed by atoms with Gasteiger partial charge in [0.05, 0.1) is 18.4 Å². The van der Waals surface area contributed by atoms with E-state index in [4.69, 9.17) is 4.74 Å². The van der Waals surface area contributed by atoms with Crippen LogP contribution in [0.25, 0.3) is 11.3 Å². The lowest BCUT2D eigenvalue weighted by atomic mass is 9.88. The van der Waals surface area contributed by atoms with Crippen molar-refractivity contribution in [2.75, 3.05) is 7.11 Å². The van der Waals surface area contributed by atoms with Gasteiger partial charge in [-0.15, -0.1) is 0 Å². The molecule has 4 rings (SSSR count). The zero-order valence-corrected chi connectivity index (χ0v) is 12.5. The second kappa shape index (κ2) is 4.83. The highest BCUT2D eigenvalue weighted by atomic mass is 16.5. The largest absolute Gasteiger partial charge is 0.465 e. The first kappa shape index (κ1) is 13.3. The van der Waals surface area contributed by atoms with Crippen molar-refractivity contribution in [2.24, 2.45) is 0 Å². The van der Waals surface area contributed by atoms with Crippen LogP contribution in [0.2, 0.25) is 0 Å². The third-order valence-corrected chi connectivity index (χ3v) is 4.81. The molecule has 0 bridgehead atoms. The topological polar surface area (TPSA) is 59.2 Å². The van der Waals surface area contributed by atoms with E-state index in [-0.39, 0.29) is 11.5 Å². The number of rotatable bonds is 1. The molecule has 112 valence electrons. The summed E-state index contributed by atoms with van der Waals surface area (Å²) < 4.78 is 4.79. The number of pyridine rings is 1. The second-order valence-corrected chi connectivity index (χ2v) is 6.01. The summed E-state index contributed by atoms with van der Waals surface area (Å²) in [6.45, 7) is 0. The lowest BCUT2D eigenvalue weighted by molar-refractivity contribution is 0.0600. The molecule has 0 radical (unpaired) electrons. The molecule has 0 unspecified atom stereocenters. The van der Waals surface area contributed by atoms with E-state index in [0.29, 0.717) is 5.56 Å². The summed E-state index contributed by atoms with van der Waals surface area (Å²) in [5.41, 5.74) is 7.12. The standard InChI is InChI=1S/C18H17NO3/c1-22-18(21)10-6-7-12-11(8-10)9-15-13-4-2-3-5-14(13)17(20)19-16(12)15/h6-8H,2-5,9H2,1H3,(H,19,20). The number of ether oxygens (including phenoxy) is 1. The molecular weight excluding hydrogens is 278 g/mol. The van der Waals surface area contributed by atoms with E-state index in [1.165, 1.54) is 18.2 Å². The van der Waals surface area contributed by atoms with Gasteiger partial charge < -0.3 is 9.72 Å². The summed E-state index contributed by atoms with van der Waals surface area (Å²) in [5.74, 6) is -0.325. The van der Waals surface area contributed by atoms with Gasteiger partial charge in [0.15, 0.2) is 0 Å². The van der Waals surface area contributed by atoms with Crippen LogP contribution in [0.3, 0.4) is 0 Å². The third kappa shape index (κ3) is 1.83. The molecule has 0 atom stereocenters. The fourth-order valence-electron chi connectivity index (χ4n) is 3.75. The molecule has 1 heterocycles. The lowest BCUT2D eigenvalue weighted by Crippen LogP contribution is -2.21. The predicted octanol–water partition coefficient (Wildman–Crippen LogP) is 2.61. The summed E-state index contributed by atoms with van der Waals surface area (Å²) in [6.07, 6.45) is 4.89. The van der Waals surface area contributed by atoms with Crippen molar-refractivity contribution in [3.63, 3.8) is 0 Å². The number of H-pyrrole nitrogens is 1. The second-order valence-electron chi connectivity index (χ2n) is 6.01. The molecule has 2 aromatic rings. The zero-order valence-electron chi connectivity index (χ0n) is 12.5. The zero-order chi connectivity index (χ0) is 15.3. The Morgan fingerprint density at radius 2 is 1.91 bits per heavy atom. The Labute approximate surface area is 128 Å². The number of fused-ring (bicyclic) bond motifs is 5. The average molecular weight is 295 g/mol. The summed E-state index contributed by atoms with van der Waals surface area (Å²) in [5, 5.41) is 0. The van der Waals surface area contributed by atoms with Gasteiger partial charge in [0.1, 0.15) is 0 Å². The maximum absolute atomic E-state index is 12.3. The molecule has 1 aromatic carbocycles.